The Kier molecular flexibility index (Phi) is 27.5. The molecule has 2 heterocycles. The number of carbonyl (C=O) groups excluding carboxylic acids is 8. The number of methoxy groups -OCH3 is 2. The molecular weight excluding hydrogens is 1040 g/mol. The van der Waals surface area contributed by atoms with Gasteiger partial charge in [-0.3, -0.25) is 43.3 Å². The molecule has 4 rings (SSSR count). The summed E-state index contributed by atoms with van der Waals surface area (Å²) in [5.74, 6) is -4.91. The van der Waals surface area contributed by atoms with Crippen LogP contribution in [0.2, 0.25) is 0 Å². The molecule has 2 aromatic carbocycles. The number of ketones is 3. The molecule has 2 fully saturated rings. The minimum atomic E-state index is -1.05. The van der Waals surface area contributed by atoms with Crippen LogP contribution in [-0.2, 0) is 72.0 Å². The van der Waals surface area contributed by atoms with Gasteiger partial charge in [0.2, 0.25) is 23.6 Å². The van der Waals surface area contributed by atoms with Crippen LogP contribution in [0, 0.1) is 41.4 Å². The topological polar surface area (TPSA) is 215 Å². The summed E-state index contributed by atoms with van der Waals surface area (Å²) >= 11 is 1.56. The standard InChI is InChI=1S/C62H92N4O13S/c1-13-41(6)57(53(77-10)36-55(71)65-30-20-24-50(65)58(78-11)42(7)51(68)33-46(61(74)75)31-43-21-16-14-17-22-43)63(8)60(73)49(39(2)3)35-52(69)56(40(4)5)64(9)62(76)79-37-45-27-25-44(26-28-45)32-48(67)23-18-15-19-29-66-54(70)34-47(38-80-12)59(66)72/h14,16-17,21-22,25-28,39-42,46-47,49-50,53,56-58H,13,15,18-20,23-24,29-38H2,1-12H3,(H,74,75)/t41-,42-,46+,47?,49-,50-,53+,56-,57-,58+/m0/s1. The maximum absolute atomic E-state index is 14.8. The first kappa shape index (κ1) is 67.0. The van der Waals surface area contributed by atoms with E-state index >= 15 is 0 Å². The number of carbonyl (C=O) groups is 9. The van der Waals surface area contributed by atoms with Crippen molar-refractivity contribution in [2.24, 2.45) is 41.4 Å². The third kappa shape index (κ3) is 18.8. The molecule has 10 atom stereocenters. The van der Waals surface area contributed by atoms with Gasteiger partial charge in [-0.2, -0.15) is 11.8 Å². The van der Waals surface area contributed by atoms with E-state index in [9.17, 15) is 48.3 Å². The number of imide groups is 1. The Balaban J connectivity index is 1.34. The van der Waals surface area contributed by atoms with Crippen LogP contribution in [0.15, 0.2) is 54.6 Å². The minimum absolute atomic E-state index is 0.0647. The van der Waals surface area contributed by atoms with Crippen molar-refractivity contribution in [3.63, 3.8) is 0 Å². The number of rotatable bonds is 35. The predicted octanol–water partition coefficient (Wildman–Crippen LogP) is 8.74. The highest BCUT2D eigenvalue weighted by atomic mass is 32.2. The number of aliphatic carboxylic acids is 1. The van der Waals surface area contributed by atoms with Gasteiger partial charge in [0, 0.05) is 91.1 Å². The van der Waals surface area contributed by atoms with Gasteiger partial charge in [-0.15, -0.1) is 0 Å². The molecule has 444 valence electrons. The van der Waals surface area contributed by atoms with Gasteiger partial charge >= 0.3 is 12.1 Å². The number of Topliss-reactive ketones (excluding diaryl/α,β-unsaturated/α-hetero) is 3. The van der Waals surface area contributed by atoms with Crippen LogP contribution in [0.25, 0.3) is 0 Å². The molecule has 18 heteroatoms. The number of hydrogen-bond donors (Lipinski definition) is 1. The van der Waals surface area contributed by atoms with Gasteiger partial charge in [0.15, 0.2) is 5.78 Å². The molecule has 2 aliphatic heterocycles. The van der Waals surface area contributed by atoms with Gasteiger partial charge in [-0.1, -0.05) is 116 Å². The SMILES string of the molecule is CC[C@H](C)[C@@H]([C@@H](CC(=O)N1CCC[C@H]1[C@H](OC)[C@@H](C)C(=O)C[C@@H](Cc1ccccc1)C(=O)O)OC)N(C)C(=O)[C@@H](CC(=O)[C@H](C(C)C)N(C)C(=O)OCc1ccc(CC(=O)CCCCCN2C(=O)CC(CSC)C2=O)cc1)C(C)C. The Morgan fingerprint density at radius 3 is 2.04 bits per heavy atom. The van der Waals surface area contributed by atoms with Crippen molar-refractivity contribution in [1.82, 2.24) is 19.6 Å². The lowest BCUT2D eigenvalue weighted by atomic mass is 9.83. The number of benzene rings is 2. The highest BCUT2D eigenvalue weighted by molar-refractivity contribution is 7.98. The van der Waals surface area contributed by atoms with Gasteiger partial charge in [-0.05, 0) is 72.8 Å². The van der Waals surface area contributed by atoms with Crippen LogP contribution in [-0.4, -0.2) is 161 Å². The van der Waals surface area contributed by atoms with Crippen LogP contribution < -0.4 is 0 Å². The van der Waals surface area contributed by atoms with Crippen molar-refractivity contribution in [1.29, 1.82) is 0 Å². The zero-order chi connectivity index (χ0) is 59.4. The fraction of sp³-hybridized carbons (Fsp3) is 0.661. The summed E-state index contributed by atoms with van der Waals surface area (Å²) in [6, 6.07) is 14.5. The maximum atomic E-state index is 14.8. The van der Waals surface area contributed by atoms with E-state index in [4.69, 9.17) is 14.2 Å². The molecule has 0 bridgehead atoms. The summed E-state index contributed by atoms with van der Waals surface area (Å²) in [6.07, 6.45) is 4.52. The third-order valence-corrected chi connectivity index (χ3v) is 17.2. The zero-order valence-corrected chi connectivity index (χ0v) is 50.5. The zero-order valence-electron chi connectivity index (χ0n) is 49.7. The average Bonchev–Trinajstić information content (AvgIpc) is 4.08. The normalized spacial score (nSPS) is 18.6. The molecule has 2 aliphatic rings. The molecular formula is C62H92N4O13S. The number of likely N-dealkylation sites (tertiary alicyclic amines) is 2. The van der Waals surface area contributed by atoms with E-state index in [-0.39, 0.29) is 110 Å². The molecule has 0 radical (unpaired) electrons. The first-order valence-corrected chi connectivity index (χ1v) is 30.1. The summed E-state index contributed by atoms with van der Waals surface area (Å²) in [5.41, 5.74) is 2.34. The monoisotopic (exact) mass is 1130 g/mol. The van der Waals surface area contributed by atoms with Crippen molar-refractivity contribution in [2.45, 2.75) is 169 Å². The highest BCUT2D eigenvalue weighted by Crippen LogP contribution is 2.33. The Morgan fingerprint density at radius 2 is 1.45 bits per heavy atom. The number of amides is 5. The lowest BCUT2D eigenvalue weighted by molar-refractivity contribution is -0.149. The summed E-state index contributed by atoms with van der Waals surface area (Å²) < 4.78 is 17.7. The number of ether oxygens (including phenoxy) is 3. The lowest BCUT2D eigenvalue weighted by Gasteiger charge is -2.41. The van der Waals surface area contributed by atoms with Gasteiger partial charge < -0.3 is 34.0 Å². The van der Waals surface area contributed by atoms with E-state index in [1.807, 2.05) is 90.3 Å². The number of hydrogen-bond acceptors (Lipinski definition) is 13. The molecule has 17 nitrogen and oxygen atoms in total. The van der Waals surface area contributed by atoms with Crippen LogP contribution in [0.1, 0.15) is 136 Å². The van der Waals surface area contributed by atoms with Crippen molar-refractivity contribution in [2.75, 3.05) is 53.4 Å². The van der Waals surface area contributed by atoms with Crippen LogP contribution in [0.5, 0.6) is 0 Å². The molecule has 0 aromatic heterocycles. The number of carboxylic acids is 1. The Hall–Kier alpha value is -5.46. The lowest BCUT2D eigenvalue weighted by Crippen LogP contribution is -2.54. The van der Waals surface area contributed by atoms with Crippen LogP contribution in [0.4, 0.5) is 4.79 Å². The van der Waals surface area contributed by atoms with Gasteiger partial charge in [-0.25, -0.2) is 4.79 Å². The quantitative estimate of drug-likeness (QED) is 0.0505. The molecule has 0 spiro atoms. The summed E-state index contributed by atoms with van der Waals surface area (Å²) in [4.78, 5) is 127. The second-order valence-corrected chi connectivity index (χ2v) is 23.9. The molecule has 1 N–H and O–H groups in total. The number of thioether (sulfide) groups is 1. The average molecular weight is 1130 g/mol. The van der Waals surface area contributed by atoms with Crippen molar-refractivity contribution in [3.05, 3.63) is 71.3 Å². The second-order valence-electron chi connectivity index (χ2n) is 22.9. The number of nitrogens with zero attached hydrogens (tertiary/aromatic N) is 4. The van der Waals surface area contributed by atoms with E-state index in [1.54, 1.807) is 47.7 Å². The number of unbranched alkanes of at least 4 members (excludes halogenated alkanes) is 2. The molecule has 2 aromatic rings. The molecule has 2 saturated heterocycles. The van der Waals surface area contributed by atoms with E-state index < -0.39 is 60.1 Å². The third-order valence-electron chi connectivity index (χ3n) is 16.5. The van der Waals surface area contributed by atoms with E-state index in [0.717, 1.165) is 17.5 Å². The molecule has 0 aliphatic carbocycles. The first-order chi connectivity index (χ1) is 38.0. The van der Waals surface area contributed by atoms with E-state index in [0.29, 0.717) is 62.9 Å². The van der Waals surface area contributed by atoms with Crippen molar-refractivity contribution in [3.8, 4) is 0 Å². The van der Waals surface area contributed by atoms with Gasteiger partial charge in [0.05, 0.1) is 48.6 Å². The van der Waals surface area contributed by atoms with Crippen LogP contribution >= 0.6 is 11.8 Å². The summed E-state index contributed by atoms with van der Waals surface area (Å²) in [5, 5.41) is 10.0. The predicted molar refractivity (Wildman–Crippen MR) is 308 cm³/mol. The Labute approximate surface area is 479 Å². The maximum Gasteiger partial charge on any atom is 0.410 e. The van der Waals surface area contributed by atoms with Crippen LogP contribution in [0.3, 0.4) is 0 Å². The van der Waals surface area contributed by atoms with Crippen molar-refractivity contribution >= 4 is 64.8 Å². The molecule has 0 saturated carbocycles. The minimum Gasteiger partial charge on any atom is -0.481 e. The number of likely N-dealkylation sites (N-methyl/N-ethyl adjacent to an activating group) is 2. The largest absolute Gasteiger partial charge is 0.481 e. The summed E-state index contributed by atoms with van der Waals surface area (Å²) in [7, 11) is 6.23. The second kappa shape index (κ2) is 32.8. The summed E-state index contributed by atoms with van der Waals surface area (Å²) in [6.45, 7) is 13.9. The fourth-order valence-corrected chi connectivity index (χ4v) is 12.3. The van der Waals surface area contributed by atoms with Gasteiger partial charge in [0.25, 0.3) is 0 Å². The molecule has 5 amide bonds. The van der Waals surface area contributed by atoms with E-state index in [1.165, 1.54) is 31.1 Å². The Morgan fingerprint density at radius 1 is 0.787 bits per heavy atom. The number of carboxylic acid groups (broad SMARTS) is 1. The smallest absolute Gasteiger partial charge is 0.410 e. The molecule has 1 unspecified atom stereocenters. The van der Waals surface area contributed by atoms with E-state index in [2.05, 4.69) is 0 Å². The Bertz CT molecular complexity index is 2380. The first-order valence-electron chi connectivity index (χ1n) is 28.8. The highest BCUT2D eigenvalue weighted by Gasteiger charge is 2.44. The fourth-order valence-electron chi connectivity index (χ4n) is 11.7. The molecule has 80 heavy (non-hydrogen) atoms. The van der Waals surface area contributed by atoms with Gasteiger partial charge in [0.1, 0.15) is 18.2 Å². The van der Waals surface area contributed by atoms with Crippen molar-refractivity contribution < 1.29 is 62.5 Å².